The number of nitrogens with zero attached hydrogens (tertiary/aromatic N) is 1. The van der Waals surface area contributed by atoms with E-state index in [2.05, 4.69) is 17.4 Å². The summed E-state index contributed by atoms with van der Waals surface area (Å²) in [7, 11) is -2.23. The molecule has 1 heterocycles. The fourth-order valence-electron chi connectivity index (χ4n) is 3.06. The second kappa shape index (κ2) is 10.8. The lowest BCUT2D eigenvalue weighted by molar-refractivity contribution is 0.0730. The summed E-state index contributed by atoms with van der Waals surface area (Å²) in [5.74, 6) is 1.60. The lowest BCUT2D eigenvalue weighted by Gasteiger charge is -2.26. The fourth-order valence-corrected chi connectivity index (χ4v) is 5.31. The lowest BCUT2D eigenvalue weighted by atomic mass is 10.2. The van der Waals surface area contributed by atoms with Gasteiger partial charge in [-0.25, -0.2) is 8.42 Å². The summed E-state index contributed by atoms with van der Waals surface area (Å²) in [5.41, 5.74) is 1.44. The summed E-state index contributed by atoms with van der Waals surface area (Å²) in [6.45, 7) is 1.80. The Kier molecular flexibility index (Phi) is 8.15. The van der Waals surface area contributed by atoms with Gasteiger partial charge in [-0.3, -0.25) is 4.79 Å². The number of hydrogen-bond acceptors (Lipinski definition) is 6. The molecule has 0 bridgehead atoms. The quantitative estimate of drug-likeness (QED) is 0.591. The lowest BCUT2D eigenvalue weighted by Crippen LogP contribution is -2.40. The minimum Gasteiger partial charge on any atom is -0.496 e. The van der Waals surface area contributed by atoms with Crippen LogP contribution >= 0.6 is 11.8 Å². The van der Waals surface area contributed by atoms with E-state index in [1.807, 2.05) is 18.2 Å². The molecule has 30 heavy (non-hydrogen) atoms. The van der Waals surface area contributed by atoms with Crippen molar-refractivity contribution in [2.24, 2.45) is 0 Å². The van der Waals surface area contributed by atoms with Crippen molar-refractivity contribution in [2.75, 3.05) is 45.7 Å². The Morgan fingerprint density at radius 3 is 2.60 bits per heavy atom. The zero-order valence-corrected chi connectivity index (χ0v) is 18.5. The monoisotopic (exact) mass is 450 g/mol. The molecule has 1 aliphatic rings. The number of amides is 1. The van der Waals surface area contributed by atoms with Crippen molar-refractivity contribution in [3.8, 4) is 5.75 Å². The first-order valence-electron chi connectivity index (χ1n) is 9.68. The van der Waals surface area contributed by atoms with Gasteiger partial charge in [0.2, 0.25) is 10.0 Å². The SMILES string of the molecule is COc1ccc(S(=O)(=O)N2CCOCC2)cc1C(=O)NCCSCc1ccccc1. The van der Waals surface area contributed by atoms with Gasteiger partial charge in [0.15, 0.2) is 0 Å². The van der Waals surface area contributed by atoms with E-state index < -0.39 is 10.0 Å². The third-order valence-electron chi connectivity index (χ3n) is 4.67. The van der Waals surface area contributed by atoms with E-state index >= 15 is 0 Å². The smallest absolute Gasteiger partial charge is 0.255 e. The highest BCUT2D eigenvalue weighted by molar-refractivity contribution is 7.98. The standard InChI is InChI=1S/C21H26N2O5S2/c1-27-20-8-7-18(30(25,26)23-10-12-28-13-11-23)15-19(20)21(24)22-9-14-29-16-17-5-3-2-4-6-17/h2-8,15H,9-14,16H2,1H3,(H,22,24). The van der Waals surface area contributed by atoms with Gasteiger partial charge < -0.3 is 14.8 Å². The molecule has 0 unspecified atom stereocenters. The minimum atomic E-state index is -3.69. The molecule has 1 fully saturated rings. The summed E-state index contributed by atoms with van der Waals surface area (Å²) < 4.78 is 37.7. The number of thioether (sulfide) groups is 1. The Balaban J connectivity index is 1.62. The Morgan fingerprint density at radius 2 is 1.90 bits per heavy atom. The topological polar surface area (TPSA) is 84.9 Å². The molecule has 0 aliphatic carbocycles. The third-order valence-corrected chi connectivity index (χ3v) is 7.59. The molecule has 3 rings (SSSR count). The van der Waals surface area contributed by atoms with Gasteiger partial charge in [-0.15, -0.1) is 0 Å². The van der Waals surface area contributed by atoms with Crippen LogP contribution in [0, 0.1) is 0 Å². The summed E-state index contributed by atoms with van der Waals surface area (Å²) in [6.07, 6.45) is 0. The van der Waals surface area contributed by atoms with Crippen LogP contribution in [0.1, 0.15) is 15.9 Å². The van der Waals surface area contributed by atoms with Gasteiger partial charge in [0.1, 0.15) is 5.75 Å². The average Bonchev–Trinajstić information content (AvgIpc) is 2.79. The molecule has 0 spiro atoms. The van der Waals surface area contributed by atoms with Crippen LogP contribution in [-0.4, -0.2) is 64.3 Å². The molecule has 0 saturated carbocycles. The number of benzene rings is 2. The first-order chi connectivity index (χ1) is 14.5. The molecule has 2 aromatic carbocycles. The van der Waals surface area contributed by atoms with Crippen LogP contribution in [0.2, 0.25) is 0 Å². The first kappa shape index (κ1) is 22.6. The average molecular weight is 451 g/mol. The highest BCUT2D eigenvalue weighted by atomic mass is 32.2. The Hall–Kier alpha value is -2.07. The van der Waals surface area contributed by atoms with E-state index in [1.54, 1.807) is 11.8 Å². The number of hydrogen-bond donors (Lipinski definition) is 1. The van der Waals surface area contributed by atoms with Gasteiger partial charge in [0.05, 0.1) is 30.8 Å². The van der Waals surface area contributed by atoms with Crippen LogP contribution in [0.25, 0.3) is 0 Å². The van der Waals surface area contributed by atoms with Crippen molar-refractivity contribution >= 4 is 27.7 Å². The number of nitrogens with one attached hydrogen (secondary N) is 1. The van der Waals surface area contributed by atoms with Crippen LogP contribution in [0.3, 0.4) is 0 Å². The normalized spacial score (nSPS) is 15.0. The van der Waals surface area contributed by atoms with Crippen LogP contribution in [0.4, 0.5) is 0 Å². The van der Waals surface area contributed by atoms with E-state index in [0.29, 0.717) is 38.6 Å². The zero-order valence-electron chi connectivity index (χ0n) is 16.9. The van der Waals surface area contributed by atoms with E-state index in [9.17, 15) is 13.2 Å². The van der Waals surface area contributed by atoms with Crippen molar-refractivity contribution in [1.82, 2.24) is 9.62 Å². The maximum Gasteiger partial charge on any atom is 0.255 e. The van der Waals surface area contributed by atoms with Gasteiger partial charge >= 0.3 is 0 Å². The highest BCUT2D eigenvalue weighted by Crippen LogP contribution is 2.25. The van der Waals surface area contributed by atoms with Crippen molar-refractivity contribution in [3.05, 3.63) is 59.7 Å². The predicted octanol–water partition coefficient (Wildman–Crippen LogP) is 2.38. The van der Waals surface area contributed by atoms with Gasteiger partial charge in [0, 0.05) is 31.1 Å². The Bertz CT molecular complexity index is 945. The maximum atomic E-state index is 12.9. The largest absolute Gasteiger partial charge is 0.496 e. The molecular formula is C21H26N2O5S2. The van der Waals surface area contributed by atoms with E-state index in [4.69, 9.17) is 9.47 Å². The number of rotatable bonds is 9. The molecule has 1 saturated heterocycles. The molecule has 9 heteroatoms. The maximum absolute atomic E-state index is 12.9. The van der Waals surface area contributed by atoms with Gasteiger partial charge in [0.25, 0.3) is 5.91 Å². The van der Waals surface area contributed by atoms with Gasteiger partial charge in [-0.2, -0.15) is 16.1 Å². The summed E-state index contributed by atoms with van der Waals surface area (Å²) in [5, 5.41) is 2.85. The molecular weight excluding hydrogens is 424 g/mol. The molecule has 1 aliphatic heterocycles. The third kappa shape index (κ3) is 5.75. The van der Waals surface area contributed by atoms with E-state index in [1.165, 1.54) is 35.2 Å². The van der Waals surface area contributed by atoms with Crippen LogP contribution < -0.4 is 10.1 Å². The van der Waals surface area contributed by atoms with Gasteiger partial charge in [-0.1, -0.05) is 30.3 Å². The van der Waals surface area contributed by atoms with Crippen molar-refractivity contribution in [1.29, 1.82) is 0 Å². The van der Waals surface area contributed by atoms with E-state index in [0.717, 1.165) is 11.5 Å². The van der Waals surface area contributed by atoms with Crippen LogP contribution in [-0.2, 0) is 20.5 Å². The van der Waals surface area contributed by atoms with Crippen molar-refractivity contribution in [2.45, 2.75) is 10.6 Å². The minimum absolute atomic E-state index is 0.0776. The molecule has 0 radical (unpaired) electrons. The molecule has 2 aromatic rings. The zero-order chi connectivity index (χ0) is 21.4. The Morgan fingerprint density at radius 1 is 1.17 bits per heavy atom. The number of sulfonamides is 1. The van der Waals surface area contributed by atoms with Crippen molar-refractivity contribution in [3.63, 3.8) is 0 Å². The second-order valence-corrected chi connectivity index (χ2v) is 9.72. The van der Waals surface area contributed by atoms with Crippen molar-refractivity contribution < 1.29 is 22.7 Å². The summed E-state index contributed by atoms with van der Waals surface area (Å²) in [6, 6.07) is 14.5. The number of carbonyl (C=O) groups excluding carboxylic acids is 1. The number of ether oxygens (including phenoxy) is 2. The molecule has 1 N–H and O–H groups in total. The molecule has 1 amide bonds. The number of carbonyl (C=O) groups is 1. The fraction of sp³-hybridized carbons (Fsp3) is 0.381. The van der Waals surface area contributed by atoms with Crippen LogP contribution in [0.5, 0.6) is 5.75 Å². The second-order valence-electron chi connectivity index (χ2n) is 6.67. The molecule has 7 nitrogen and oxygen atoms in total. The predicted molar refractivity (Wildman–Crippen MR) is 118 cm³/mol. The Labute approximate surface area is 181 Å². The summed E-state index contributed by atoms with van der Waals surface area (Å²) in [4.78, 5) is 12.8. The molecule has 0 atom stereocenters. The van der Waals surface area contributed by atoms with Gasteiger partial charge in [-0.05, 0) is 23.8 Å². The van der Waals surface area contributed by atoms with E-state index in [-0.39, 0.29) is 16.4 Å². The highest BCUT2D eigenvalue weighted by Gasteiger charge is 2.28. The van der Waals surface area contributed by atoms with Crippen LogP contribution in [0.15, 0.2) is 53.4 Å². The first-order valence-corrected chi connectivity index (χ1v) is 12.3. The number of morpholine rings is 1. The molecule has 162 valence electrons. The summed E-state index contributed by atoms with van der Waals surface area (Å²) >= 11 is 1.72. The number of methoxy groups -OCH3 is 1. The molecule has 0 aromatic heterocycles.